The molecule has 0 radical (unpaired) electrons. The third-order valence-electron chi connectivity index (χ3n) is 1.73. The van der Waals surface area contributed by atoms with Gasteiger partial charge in [0, 0.05) is 0 Å². The Kier molecular flexibility index (Phi) is 1.55. The maximum atomic E-state index is 9.27. The third-order valence-corrected chi connectivity index (χ3v) is 1.73. The van der Waals surface area contributed by atoms with Gasteiger partial charge in [-0.2, -0.15) is 0 Å². The van der Waals surface area contributed by atoms with E-state index in [4.69, 9.17) is 0 Å². The number of nitrogens with zero attached hydrogens (tertiary/aromatic N) is 3. The summed E-state index contributed by atoms with van der Waals surface area (Å²) in [6.45, 7) is 1.65. The zero-order valence-corrected chi connectivity index (χ0v) is 6.68. The molecule has 1 N–H and O–H groups in total. The molecule has 0 saturated heterocycles. The number of hydrogen-bond donors (Lipinski definition) is 1. The van der Waals surface area contributed by atoms with E-state index in [1.165, 1.54) is 4.68 Å². The summed E-state index contributed by atoms with van der Waals surface area (Å²) < 4.78 is 1.48. The van der Waals surface area contributed by atoms with Crippen molar-refractivity contribution in [2.24, 2.45) is 0 Å². The highest BCUT2D eigenvalue weighted by Crippen LogP contribution is 2.12. The Morgan fingerprint density at radius 2 is 2.17 bits per heavy atom. The predicted octanol–water partition coefficient (Wildman–Crippen LogP) is 0.942. The fourth-order valence-electron chi connectivity index (χ4n) is 1.16. The van der Waals surface area contributed by atoms with Crippen LogP contribution in [0, 0.1) is 0 Å². The second-order valence-corrected chi connectivity index (χ2v) is 2.65. The molecule has 4 heteroatoms. The average Bonchev–Trinajstić information content (AvgIpc) is 2.47. The van der Waals surface area contributed by atoms with Gasteiger partial charge in [0.25, 0.3) is 0 Å². The molecule has 1 aromatic carbocycles. The molecular formula is C8H9N3O. The van der Waals surface area contributed by atoms with E-state index >= 15 is 0 Å². The van der Waals surface area contributed by atoms with Crippen LogP contribution in [0.25, 0.3) is 11.0 Å². The van der Waals surface area contributed by atoms with Gasteiger partial charge in [0.15, 0.2) is 0 Å². The minimum atomic E-state index is -0.627. The lowest BCUT2D eigenvalue weighted by atomic mass is 10.3. The van der Waals surface area contributed by atoms with Gasteiger partial charge in [0.1, 0.15) is 11.7 Å². The first-order valence-corrected chi connectivity index (χ1v) is 3.77. The van der Waals surface area contributed by atoms with Gasteiger partial charge in [-0.15, -0.1) is 5.10 Å². The molecule has 0 bridgehead atoms. The Morgan fingerprint density at radius 3 is 2.92 bits per heavy atom. The summed E-state index contributed by atoms with van der Waals surface area (Å²) >= 11 is 0. The Bertz CT molecular complexity index is 394. The average molecular weight is 163 g/mol. The van der Waals surface area contributed by atoms with Crippen molar-refractivity contribution in [3.8, 4) is 0 Å². The van der Waals surface area contributed by atoms with E-state index in [0.29, 0.717) is 0 Å². The maximum absolute atomic E-state index is 9.27. The third kappa shape index (κ3) is 0.967. The number of aliphatic hydroxyl groups excluding tert-OH is 1. The maximum Gasteiger partial charge on any atom is 0.146 e. The molecule has 62 valence electrons. The van der Waals surface area contributed by atoms with Crippen molar-refractivity contribution in [2.75, 3.05) is 0 Å². The van der Waals surface area contributed by atoms with Gasteiger partial charge in [0.05, 0.1) is 5.52 Å². The van der Waals surface area contributed by atoms with Gasteiger partial charge >= 0.3 is 0 Å². The Labute approximate surface area is 69.4 Å². The summed E-state index contributed by atoms with van der Waals surface area (Å²) in [6.07, 6.45) is -0.627. The van der Waals surface area contributed by atoms with Gasteiger partial charge in [0.2, 0.25) is 0 Å². The molecule has 2 rings (SSSR count). The first-order valence-electron chi connectivity index (χ1n) is 3.77. The fraction of sp³-hybridized carbons (Fsp3) is 0.250. The number of benzene rings is 1. The Hall–Kier alpha value is -1.42. The van der Waals surface area contributed by atoms with Crippen molar-refractivity contribution >= 4 is 11.0 Å². The molecule has 0 amide bonds. The van der Waals surface area contributed by atoms with Gasteiger partial charge in [-0.1, -0.05) is 17.3 Å². The normalized spacial score (nSPS) is 13.5. The van der Waals surface area contributed by atoms with Crippen LogP contribution in [0.2, 0.25) is 0 Å². The number of aliphatic hydroxyl groups is 1. The molecule has 0 aliphatic heterocycles. The van der Waals surface area contributed by atoms with Crippen molar-refractivity contribution in [2.45, 2.75) is 13.2 Å². The molecule has 1 atom stereocenters. The molecule has 4 nitrogen and oxygen atoms in total. The molecule has 0 spiro atoms. The van der Waals surface area contributed by atoms with Gasteiger partial charge in [-0.3, -0.25) is 0 Å². The molecule has 1 aromatic heterocycles. The van der Waals surface area contributed by atoms with Crippen LogP contribution in [0.5, 0.6) is 0 Å². The summed E-state index contributed by atoms with van der Waals surface area (Å²) in [5, 5.41) is 17.0. The van der Waals surface area contributed by atoms with Crippen molar-refractivity contribution in [3.05, 3.63) is 24.3 Å². The largest absolute Gasteiger partial charge is 0.372 e. The monoisotopic (exact) mass is 163 g/mol. The summed E-state index contributed by atoms with van der Waals surface area (Å²) in [4.78, 5) is 0. The molecule has 12 heavy (non-hydrogen) atoms. The van der Waals surface area contributed by atoms with Crippen LogP contribution in [0.1, 0.15) is 13.2 Å². The number of hydrogen-bond acceptors (Lipinski definition) is 3. The van der Waals surface area contributed by atoms with Gasteiger partial charge < -0.3 is 5.11 Å². The highest BCUT2D eigenvalue weighted by molar-refractivity contribution is 5.73. The van der Waals surface area contributed by atoms with E-state index < -0.39 is 6.23 Å². The van der Waals surface area contributed by atoms with Crippen LogP contribution in [-0.2, 0) is 0 Å². The van der Waals surface area contributed by atoms with Crippen LogP contribution in [-0.4, -0.2) is 20.1 Å². The molecule has 0 fully saturated rings. The molecule has 0 aliphatic carbocycles. The zero-order chi connectivity index (χ0) is 8.55. The first-order chi connectivity index (χ1) is 5.79. The van der Waals surface area contributed by atoms with Crippen LogP contribution >= 0.6 is 0 Å². The SMILES string of the molecule is CC(O)n1nnc2ccccc21. The van der Waals surface area contributed by atoms with E-state index in [1.807, 2.05) is 24.3 Å². The Morgan fingerprint density at radius 1 is 1.42 bits per heavy atom. The van der Waals surface area contributed by atoms with E-state index in [1.54, 1.807) is 6.92 Å². The second-order valence-electron chi connectivity index (χ2n) is 2.65. The van der Waals surface area contributed by atoms with Crippen molar-refractivity contribution < 1.29 is 5.11 Å². The minimum absolute atomic E-state index is 0.627. The summed E-state index contributed by atoms with van der Waals surface area (Å²) in [5.74, 6) is 0. The van der Waals surface area contributed by atoms with E-state index in [0.717, 1.165) is 11.0 Å². The lowest BCUT2D eigenvalue weighted by Gasteiger charge is -2.02. The van der Waals surface area contributed by atoms with Crippen LogP contribution in [0.3, 0.4) is 0 Å². The van der Waals surface area contributed by atoms with E-state index in [2.05, 4.69) is 10.3 Å². The van der Waals surface area contributed by atoms with Crippen molar-refractivity contribution in [1.29, 1.82) is 0 Å². The fourth-order valence-corrected chi connectivity index (χ4v) is 1.16. The number of aromatic nitrogens is 3. The Balaban J connectivity index is 2.70. The smallest absolute Gasteiger partial charge is 0.146 e. The molecular weight excluding hydrogens is 154 g/mol. The topological polar surface area (TPSA) is 50.9 Å². The summed E-state index contributed by atoms with van der Waals surface area (Å²) in [7, 11) is 0. The number of para-hydroxylation sites is 1. The summed E-state index contributed by atoms with van der Waals surface area (Å²) in [6, 6.07) is 7.53. The lowest BCUT2D eigenvalue weighted by Crippen LogP contribution is -2.05. The minimum Gasteiger partial charge on any atom is -0.372 e. The molecule has 1 unspecified atom stereocenters. The van der Waals surface area contributed by atoms with Crippen molar-refractivity contribution in [3.63, 3.8) is 0 Å². The lowest BCUT2D eigenvalue weighted by molar-refractivity contribution is 0.113. The van der Waals surface area contributed by atoms with Crippen LogP contribution in [0.4, 0.5) is 0 Å². The zero-order valence-electron chi connectivity index (χ0n) is 6.68. The molecule has 0 aliphatic rings. The number of rotatable bonds is 1. The van der Waals surface area contributed by atoms with Crippen molar-refractivity contribution in [1.82, 2.24) is 15.0 Å². The summed E-state index contributed by atoms with van der Waals surface area (Å²) in [5.41, 5.74) is 1.66. The van der Waals surface area contributed by atoms with Gasteiger partial charge in [-0.25, -0.2) is 4.68 Å². The second kappa shape index (κ2) is 2.57. The standard InChI is InChI=1S/C8H9N3O/c1-6(12)11-8-5-3-2-4-7(8)9-10-11/h2-6,12H,1H3. The highest BCUT2D eigenvalue weighted by atomic mass is 16.3. The predicted molar refractivity (Wildman–Crippen MR) is 44.5 cm³/mol. The molecule has 0 saturated carbocycles. The van der Waals surface area contributed by atoms with E-state index in [-0.39, 0.29) is 0 Å². The first kappa shape index (κ1) is 7.24. The molecule has 1 heterocycles. The van der Waals surface area contributed by atoms with E-state index in [9.17, 15) is 5.11 Å². The molecule has 2 aromatic rings. The highest BCUT2D eigenvalue weighted by Gasteiger charge is 2.05. The number of fused-ring (bicyclic) bond motifs is 1. The van der Waals surface area contributed by atoms with Crippen LogP contribution < -0.4 is 0 Å². The van der Waals surface area contributed by atoms with Gasteiger partial charge in [-0.05, 0) is 19.1 Å². The van der Waals surface area contributed by atoms with Crippen LogP contribution in [0.15, 0.2) is 24.3 Å². The quantitative estimate of drug-likeness (QED) is 0.680.